The van der Waals surface area contributed by atoms with Gasteiger partial charge < -0.3 is 10.4 Å². The number of hydrogen-bond acceptors (Lipinski definition) is 5. The Morgan fingerprint density at radius 3 is 2.58 bits per heavy atom. The van der Waals surface area contributed by atoms with Crippen LogP contribution in [-0.4, -0.2) is 37.2 Å². The second-order valence-electron chi connectivity index (χ2n) is 6.93. The fourth-order valence-electron chi connectivity index (χ4n) is 3.59. The van der Waals surface area contributed by atoms with Crippen LogP contribution in [0.4, 0.5) is 5.69 Å². The predicted octanol–water partition coefficient (Wildman–Crippen LogP) is 2.63. The van der Waals surface area contributed by atoms with Crippen molar-refractivity contribution >= 4 is 17.6 Å². The molecule has 1 aliphatic carbocycles. The normalized spacial score (nSPS) is 16.7. The van der Waals surface area contributed by atoms with Crippen molar-refractivity contribution in [3.63, 3.8) is 0 Å². The Hall–Kier alpha value is -2.77. The summed E-state index contributed by atoms with van der Waals surface area (Å²) in [6.45, 7) is 0. The lowest BCUT2D eigenvalue weighted by Crippen LogP contribution is -2.35. The van der Waals surface area contributed by atoms with E-state index in [2.05, 4.69) is 20.8 Å². The third-order valence-electron chi connectivity index (χ3n) is 5.04. The molecule has 1 saturated carbocycles. The number of anilines is 1. The number of aromatic nitrogens is 4. The van der Waals surface area contributed by atoms with Crippen molar-refractivity contribution in [2.45, 2.75) is 44.9 Å². The molecular formula is C18H23N5O3. The van der Waals surface area contributed by atoms with E-state index in [4.69, 9.17) is 0 Å². The first-order valence-electron chi connectivity index (χ1n) is 8.86. The zero-order valence-corrected chi connectivity index (χ0v) is 14.8. The van der Waals surface area contributed by atoms with E-state index in [1.807, 2.05) is 6.07 Å². The fourth-order valence-corrected chi connectivity index (χ4v) is 3.59. The number of carboxylic acid groups (broad SMARTS) is 1. The van der Waals surface area contributed by atoms with Crippen LogP contribution in [0.5, 0.6) is 0 Å². The molecule has 1 heterocycles. The lowest BCUT2D eigenvalue weighted by atomic mass is 9.77. The summed E-state index contributed by atoms with van der Waals surface area (Å²) >= 11 is 0. The van der Waals surface area contributed by atoms with Crippen molar-refractivity contribution in [3.8, 4) is 11.4 Å². The van der Waals surface area contributed by atoms with Gasteiger partial charge in [-0.05, 0) is 35.4 Å². The van der Waals surface area contributed by atoms with E-state index in [1.54, 1.807) is 29.9 Å². The smallest absolute Gasteiger partial charge is 0.310 e. The minimum absolute atomic E-state index is 0.00191. The van der Waals surface area contributed by atoms with E-state index in [9.17, 15) is 14.7 Å². The van der Waals surface area contributed by atoms with Crippen LogP contribution in [0.3, 0.4) is 0 Å². The Balaban J connectivity index is 1.73. The average molecular weight is 357 g/mol. The Morgan fingerprint density at radius 2 is 1.96 bits per heavy atom. The van der Waals surface area contributed by atoms with E-state index in [1.165, 1.54) is 0 Å². The molecule has 0 spiro atoms. The van der Waals surface area contributed by atoms with E-state index < -0.39 is 11.4 Å². The molecule has 138 valence electrons. The Labute approximate surface area is 151 Å². The summed E-state index contributed by atoms with van der Waals surface area (Å²) in [5.41, 5.74) is 0.425. The molecule has 1 aromatic heterocycles. The van der Waals surface area contributed by atoms with Gasteiger partial charge in [-0.2, -0.15) is 0 Å². The minimum Gasteiger partial charge on any atom is -0.481 e. The van der Waals surface area contributed by atoms with Gasteiger partial charge in [-0.1, -0.05) is 37.8 Å². The number of aliphatic carboxylic acids is 1. The van der Waals surface area contributed by atoms with Crippen LogP contribution in [0.25, 0.3) is 11.4 Å². The van der Waals surface area contributed by atoms with Gasteiger partial charge in [0.25, 0.3) is 0 Å². The van der Waals surface area contributed by atoms with E-state index in [0.717, 1.165) is 31.2 Å². The van der Waals surface area contributed by atoms with Gasteiger partial charge in [-0.3, -0.25) is 9.59 Å². The van der Waals surface area contributed by atoms with Gasteiger partial charge in [0.15, 0.2) is 5.82 Å². The summed E-state index contributed by atoms with van der Waals surface area (Å²) in [6.07, 6.45) is 4.89. The van der Waals surface area contributed by atoms with Crippen molar-refractivity contribution in [2.75, 3.05) is 5.32 Å². The summed E-state index contributed by atoms with van der Waals surface area (Å²) in [7, 11) is 1.74. The monoisotopic (exact) mass is 357 g/mol. The van der Waals surface area contributed by atoms with Gasteiger partial charge in [0.1, 0.15) is 0 Å². The summed E-state index contributed by atoms with van der Waals surface area (Å²) in [5, 5.41) is 23.9. The van der Waals surface area contributed by atoms with Crippen molar-refractivity contribution in [3.05, 3.63) is 24.3 Å². The SMILES string of the molecule is Cn1nnnc1-c1cccc(NC(=O)CC2(C(=O)O)CCCCCC2)c1. The zero-order chi connectivity index (χ0) is 18.6. The van der Waals surface area contributed by atoms with Crippen LogP contribution in [-0.2, 0) is 16.6 Å². The highest BCUT2D eigenvalue weighted by Gasteiger charge is 2.40. The Morgan fingerprint density at radius 1 is 1.23 bits per heavy atom. The number of carbonyl (C=O) groups is 2. The number of benzene rings is 1. The molecule has 2 aromatic rings. The van der Waals surface area contributed by atoms with Gasteiger partial charge in [0.2, 0.25) is 5.91 Å². The number of carbonyl (C=O) groups excluding carboxylic acids is 1. The predicted molar refractivity (Wildman–Crippen MR) is 95.3 cm³/mol. The molecule has 8 heteroatoms. The maximum absolute atomic E-state index is 12.5. The van der Waals surface area contributed by atoms with Gasteiger partial charge in [0.05, 0.1) is 5.41 Å². The van der Waals surface area contributed by atoms with Crippen molar-refractivity contribution in [1.82, 2.24) is 20.2 Å². The van der Waals surface area contributed by atoms with Crippen molar-refractivity contribution < 1.29 is 14.7 Å². The van der Waals surface area contributed by atoms with Crippen molar-refractivity contribution in [1.29, 1.82) is 0 Å². The first kappa shape index (κ1) is 18.0. The first-order chi connectivity index (χ1) is 12.5. The number of aryl methyl sites for hydroxylation is 1. The number of amides is 1. The number of rotatable bonds is 5. The highest BCUT2D eigenvalue weighted by molar-refractivity contribution is 5.94. The number of nitrogens with zero attached hydrogens (tertiary/aromatic N) is 4. The minimum atomic E-state index is -0.953. The molecule has 2 N–H and O–H groups in total. The highest BCUT2D eigenvalue weighted by atomic mass is 16.4. The quantitative estimate of drug-likeness (QED) is 0.796. The number of hydrogen-bond donors (Lipinski definition) is 2. The highest BCUT2D eigenvalue weighted by Crippen LogP contribution is 2.38. The third kappa shape index (κ3) is 3.89. The third-order valence-corrected chi connectivity index (χ3v) is 5.04. The zero-order valence-electron chi connectivity index (χ0n) is 14.8. The van der Waals surface area contributed by atoms with Gasteiger partial charge >= 0.3 is 5.97 Å². The van der Waals surface area contributed by atoms with Crippen LogP contribution >= 0.6 is 0 Å². The Kier molecular flexibility index (Phi) is 5.29. The molecular weight excluding hydrogens is 334 g/mol. The second-order valence-corrected chi connectivity index (χ2v) is 6.93. The van der Waals surface area contributed by atoms with Gasteiger partial charge in [0, 0.05) is 24.7 Å². The van der Waals surface area contributed by atoms with Crippen LogP contribution in [0.2, 0.25) is 0 Å². The molecule has 0 atom stereocenters. The van der Waals surface area contributed by atoms with Gasteiger partial charge in [-0.15, -0.1) is 5.10 Å². The van der Waals surface area contributed by atoms with E-state index in [0.29, 0.717) is 24.4 Å². The molecule has 1 amide bonds. The second kappa shape index (κ2) is 7.63. The van der Waals surface area contributed by atoms with Crippen molar-refractivity contribution in [2.24, 2.45) is 12.5 Å². The summed E-state index contributed by atoms with van der Waals surface area (Å²) in [6, 6.07) is 7.21. The Bertz CT molecular complexity index is 794. The molecule has 8 nitrogen and oxygen atoms in total. The average Bonchev–Trinajstić information content (AvgIpc) is 2.88. The summed E-state index contributed by atoms with van der Waals surface area (Å²) < 4.78 is 1.55. The fraction of sp³-hybridized carbons (Fsp3) is 0.500. The van der Waals surface area contributed by atoms with Crippen LogP contribution in [0.15, 0.2) is 24.3 Å². The standard InChI is InChI=1S/C18H23N5O3/c1-23-16(20-21-22-23)13-7-6-8-14(11-13)19-15(24)12-18(17(25)26)9-4-2-3-5-10-18/h6-8,11H,2-5,9-10,12H2,1H3,(H,19,24)(H,25,26). The van der Waals surface area contributed by atoms with Crippen LogP contribution < -0.4 is 5.32 Å². The maximum Gasteiger partial charge on any atom is 0.310 e. The van der Waals surface area contributed by atoms with E-state index in [-0.39, 0.29) is 12.3 Å². The lowest BCUT2D eigenvalue weighted by Gasteiger charge is -2.27. The lowest BCUT2D eigenvalue weighted by molar-refractivity contribution is -0.152. The largest absolute Gasteiger partial charge is 0.481 e. The van der Waals surface area contributed by atoms with Gasteiger partial charge in [-0.25, -0.2) is 4.68 Å². The molecule has 1 aliphatic rings. The molecule has 0 radical (unpaired) electrons. The number of carboxylic acids is 1. The molecule has 1 aromatic carbocycles. The topological polar surface area (TPSA) is 110 Å². The number of tetrazole rings is 1. The summed E-state index contributed by atoms with van der Waals surface area (Å²) in [5.74, 6) is -0.553. The maximum atomic E-state index is 12.5. The van der Waals surface area contributed by atoms with Crippen LogP contribution in [0, 0.1) is 5.41 Å². The molecule has 26 heavy (non-hydrogen) atoms. The molecule has 0 unspecified atom stereocenters. The van der Waals surface area contributed by atoms with Crippen LogP contribution in [0.1, 0.15) is 44.9 Å². The van der Waals surface area contributed by atoms with E-state index >= 15 is 0 Å². The molecule has 0 bridgehead atoms. The number of nitrogens with one attached hydrogen (secondary N) is 1. The molecule has 0 saturated heterocycles. The summed E-state index contributed by atoms with van der Waals surface area (Å²) in [4.78, 5) is 24.4. The molecule has 3 rings (SSSR count). The molecule has 1 fully saturated rings. The first-order valence-corrected chi connectivity index (χ1v) is 8.86. The molecule has 0 aliphatic heterocycles.